The Hall–Kier alpha value is -2.00. The normalized spacial score (nSPS) is 15.7. The van der Waals surface area contributed by atoms with Gasteiger partial charge in [0, 0.05) is 44.1 Å². The summed E-state index contributed by atoms with van der Waals surface area (Å²) in [6.45, 7) is 9.99. The van der Waals surface area contributed by atoms with Crippen LogP contribution in [-0.4, -0.2) is 31.1 Å². The fourth-order valence-electron chi connectivity index (χ4n) is 3.68. The number of benzene rings is 2. The number of hydrogen-bond acceptors (Lipinski definition) is 3. The molecule has 3 nitrogen and oxygen atoms in total. The molecule has 2 aromatic carbocycles. The maximum Gasteiger partial charge on any atom is 0.0402 e. The van der Waals surface area contributed by atoms with E-state index < -0.39 is 0 Å². The lowest BCUT2D eigenvalue weighted by atomic mass is 10.00. The van der Waals surface area contributed by atoms with Gasteiger partial charge in [0.25, 0.3) is 0 Å². The molecule has 1 fully saturated rings. The third kappa shape index (κ3) is 3.73. The first-order chi connectivity index (χ1) is 11.7. The maximum atomic E-state index is 5.77. The van der Waals surface area contributed by atoms with E-state index in [1.165, 1.54) is 22.4 Å². The number of nitrogen functional groups attached to an aromatic ring is 1. The molecule has 3 rings (SSSR count). The van der Waals surface area contributed by atoms with Gasteiger partial charge in [0.2, 0.25) is 0 Å². The van der Waals surface area contributed by atoms with Crippen molar-refractivity contribution in [2.24, 2.45) is 0 Å². The van der Waals surface area contributed by atoms with E-state index in [4.69, 9.17) is 5.73 Å². The van der Waals surface area contributed by atoms with Crippen molar-refractivity contribution >= 4 is 11.4 Å². The summed E-state index contributed by atoms with van der Waals surface area (Å²) < 4.78 is 0. The van der Waals surface area contributed by atoms with E-state index in [9.17, 15) is 0 Å². The number of aryl methyl sites for hydroxylation is 1. The van der Waals surface area contributed by atoms with Gasteiger partial charge in [0.05, 0.1) is 0 Å². The highest BCUT2D eigenvalue weighted by Crippen LogP contribution is 2.26. The summed E-state index contributed by atoms with van der Waals surface area (Å²) in [6, 6.07) is 15.1. The highest BCUT2D eigenvalue weighted by Gasteiger charge is 2.19. The van der Waals surface area contributed by atoms with Crippen molar-refractivity contribution in [2.75, 3.05) is 36.8 Å². The molecule has 1 heterocycles. The molecule has 2 aromatic rings. The number of anilines is 2. The Balaban J connectivity index is 1.64. The average Bonchev–Trinajstić information content (AvgIpc) is 2.63. The Bertz CT molecular complexity index is 655. The van der Waals surface area contributed by atoms with Crippen LogP contribution < -0.4 is 10.6 Å². The predicted octanol–water partition coefficient (Wildman–Crippen LogP) is 3.72. The van der Waals surface area contributed by atoms with E-state index in [1.807, 2.05) is 12.1 Å². The van der Waals surface area contributed by atoms with Crippen molar-refractivity contribution in [2.45, 2.75) is 33.2 Å². The van der Waals surface area contributed by atoms with Crippen LogP contribution >= 0.6 is 0 Å². The fraction of sp³-hybridized carbons (Fsp3) is 0.429. The molecule has 0 atom stereocenters. The standard InChI is InChI=1S/C21H29N3/c1-3-18-6-5-7-21(20(18)4-2)24-14-12-23(13-15-24)16-17-8-10-19(22)11-9-17/h5-11H,3-4,12-16,22H2,1-2H3. The van der Waals surface area contributed by atoms with Crippen molar-refractivity contribution in [1.82, 2.24) is 4.90 Å². The summed E-state index contributed by atoms with van der Waals surface area (Å²) in [5.74, 6) is 0. The molecule has 0 radical (unpaired) electrons. The van der Waals surface area contributed by atoms with Crippen LogP contribution in [0.2, 0.25) is 0 Å². The maximum absolute atomic E-state index is 5.77. The lowest BCUT2D eigenvalue weighted by Gasteiger charge is -2.37. The zero-order valence-corrected chi connectivity index (χ0v) is 15.0. The van der Waals surface area contributed by atoms with Gasteiger partial charge in [-0.2, -0.15) is 0 Å². The molecule has 2 N–H and O–H groups in total. The van der Waals surface area contributed by atoms with Gasteiger partial charge in [-0.1, -0.05) is 38.1 Å². The zero-order chi connectivity index (χ0) is 16.9. The molecule has 3 heteroatoms. The smallest absolute Gasteiger partial charge is 0.0402 e. The second kappa shape index (κ2) is 7.71. The minimum atomic E-state index is 0.839. The third-order valence-corrected chi connectivity index (χ3v) is 5.08. The Kier molecular flexibility index (Phi) is 5.41. The van der Waals surface area contributed by atoms with Gasteiger partial charge in [-0.05, 0) is 47.7 Å². The van der Waals surface area contributed by atoms with E-state index in [2.05, 4.69) is 54.0 Å². The van der Waals surface area contributed by atoms with Gasteiger partial charge in [-0.3, -0.25) is 4.90 Å². The molecule has 1 aliphatic heterocycles. The summed E-state index contributed by atoms with van der Waals surface area (Å²) in [7, 11) is 0. The van der Waals surface area contributed by atoms with Crippen molar-refractivity contribution < 1.29 is 0 Å². The van der Waals surface area contributed by atoms with Gasteiger partial charge in [-0.25, -0.2) is 0 Å². The fourth-order valence-corrected chi connectivity index (χ4v) is 3.68. The summed E-state index contributed by atoms with van der Waals surface area (Å²) in [4.78, 5) is 5.11. The highest BCUT2D eigenvalue weighted by molar-refractivity contribution is 5.57. The Morgan fingerprint density at radius 2 is 1.58 bits per heavy atom. The molecule has 0 spiro atoms. The van der Waals surface area contributed by atoms with Crippen LogP contribution in [0.25, 0.3) is 0 Å². The first-order valence-corrected chi connectivity index (χ1v) is 9.13. The molecule has 1 saturated heterocycles. The van der Waals surface area contributed by atoms with Crippen LogP contribution in [-0.2, 0) is 19.4 Å². The molecule has 128 valence electrons. The van der Waals surface area contributed by atoms with Crippen molar-refractivity contribution in [3.05, 3.63) is 59.2 Å². The molecule has 24 heavy (non-hydrogen) atoms. The summed E-state index contributed by atoms with van der Waals surface area (Å²) >= 11 is 0. The molecule has 0 unspecified atom stereocenters. The Morgan fingerprint density at radius 3 is 2.21 bits per heavy atom. The second-order valence-corrected chi connectivity index (χ2v) is 6.63. The van der Waals surface area contributed by atoms with E-state index in [-0.39, 0.29) is 0 Å². The predicted molar refractivity (Wildman–Crippen MR) is 104 cm³/mol. The summed E-state index contributed by atoms with van der Waals surface area (Å²) in [5, 5.41) is 0. The van der Waals surface area contributed by atoms with Crippen molar-refractivity contribution in [3.63, 3.8) is 0 Å². The van der Waals surface area contributed by atoms with Crippen LogP contribution in [0.5, 0.6) is 0 Å². The van der Waals surface area contributed by atoms with E-state index in [1.54, 1.807) is 0 Å². The lowest BCUT2D eigenvalue weighted by molar-refractivity contribution is 0.250. The molecule has 0 saturated carbocycles. The van der Waals surface area contributed by atoms with Crippen LogP contribution in [0, 0.1) is 0 Å². The SMILES string of the molecule is CCc1cccc(N2CCN(Cc3ccc(N)cc3)CC2)c1CC. The molecule has 0 amide bonds. The van der Waals surface area contributed by atoms with Gasteiger partial charge in [0.15, 0.2) is 0 Å². The molecule has 0 aliphatic carbocycles. The largest absolute Gasteiger partial charge is 0.399 e. The monoisotopic (exact) mass is 323 g/mol. The first kappa shape index (κ1) is 16.8. The first-order valence-electron chi connectivity index (χ1n) is 9.13. The number of nitrogens with zero attached hydrogens (tertiary/aromatic N) is 2. The molecule has 0 aromatic heterocycles. The second-order valence-electron chi connectivity index (χ2n) is 6.63. The topological polar surface area (TPSA) is 32.5 Å². The van der Waals surface area contributed by atoms with Crippen LogP contribution in [0.4, 0.5) is 11.4 Å². The quantitative estimate of drug-likeness (QED) is 0.851. The minimum absolute atomic E-state index is 0.839. The summed E-state index contributed by atoms with van der Waals surface area (Å²) in [5.41, 5.74) is 12.4. The van der Waals surface area contributed by atoms with Crippen LogP contribution in [0.3, 0.4) is 0 Å². The van der Waals surface area contributed by atoms with E-state index >= 15 is 0 Å². The van der Waals surface area contributed by atoms with Gasteiger partial charge >= 0.3 is 0 Å². The zero-order valence-electron chi connectivity index (χ0n) is 15.0. The van der Waals surface area contributed by atoms with Gasteiger partial charge in [-0.15, -0.1) is 0 Å². The van der Waals surface area contributed by atoms with Gasteiger partial charge in [0.1, 0.15) is 0 Å². The van der Waals surface area contributed by atoms with E-state index in [0.717, 1.165) is 51.3 Å². The Morgan fingerprint density at radius 1 is 0.875 bits per heavy atom. The molecular weight excluding hydrogens is 294 g/mol. The lowest BCUT2D eigenvalue weighted by Crippen LogP contribution is -2.46. The van der Waals surface area contributed by atoms with Gasteiger partial charge < -0.3 is 10.6 Å². The molecular formula is C21H29N3. The molecule has 0 bridgehead atoms. The minimum Gasteiger partial charge on any atom is -0.399 e. The summed E-state index contributed by atoms with van der Waals surface area (Å²) in [6.07, 6.45) is 2.24. The highest BCUT2D eigenvalue weighted by atomic mass is 15.3. The number of rotatable bonds is 5. The number of nitrogens with two attached hydrogens (primary N) is 1. The molecule has 1 aliphatic rings. The average molecular weight is 323 g/mol. The van der Waals surface area contributed by atoms with E-state index in [0.29, 0.717) is 0 Å². The van der Waals surface area contributed by atoms with Crippen LogP contribution in [0.1, 0.15) is 30.5 Å². The number of piperazine rings is 1. The Labute approximate surface area is 146 Å². The third-order valence-electron chi connectivity index (χ3n) is 5.08. The van der Waals surface area contributed by atoms with Crippen molar-refractivity contribution in [1.29, 1.82) is 0 Å². The van der Waals surface area contributed by atoms with Crippen LogP contribution in [0.15, 0.2) is 42.5 Å². The van der Waals surface area contributed by atoms with Crippen molar-refractivity contribution in [3.8, 4) is 0 Å². The number of hydrogen-bond donors (Lipinski definition) is 1.